The number of rotatable bonds is 7. The van der Waals surface area contributed by atoms with Crippen molar-refractivity contribution in [2.24, 2.45) is 0 Å². The normalized spacial score (nSPS) is 13.1. The first-order valence-electron chi connectivity index (χ1n) is 9.96. The highest BCUT2D eigenvalue weighted by molar-refractivity contribution is 6.09. The van der Waals surface area contributed by atoms with Gasteiger partial charge in [0.25, 0.3) is 5.91 Å². The summed E-state index contributed by atoms with van der Waals surface area (Å²) in [5, 5.41) is 8.55. The summed E-state index contributed by atoms with van der Waals surface area (Å²) in [6, 6.07) is 12.1. The van der Waals surface area contributed by atoms with Crippen molar-refractivity contribution in [1.29, 1.82) is 0 Å². The van der Waals surface area contributed by atoms with Gasteiger partial charge in [-0.1, -0.05) is 36.4 Å². The fourth-order valence-electron chi connectivity index (χ4n) is 3.79. The Bertz CT molecular complexity index is 1050. The van der Waals surface area contributed by atoms with E-state index >= 15 is 0 Å². The van der Waals surface area contributed by atoms with Gasteiger partial charge in [0.2, 0.25) is 0 Å². The Morgan fingerprint density at radius 2 is 2.00 bits per heavy atom. The van der Waals surface area contributed by atoms with E-state index in [1.807, 2.05) is 28.8 Å². The summed E-state index contributed by atoms with van der Waals surface area (Å²) in [7, 11) is 1.67. The fraction of sp³-hybridized carbons (Fsp3) is 0.304. The molecule has 2 aromatic carbocycles. The molecule has 8 heteroatoms. The van der Waals surface area contributed by atoms with E-state index in [9.17, 15) is 4.79 Å². The Morgan fingerprint density at radius 3 is 2.77 bits per heavy atom. The van der Waals surface area contributed by atoms with Crippen molar-refractivity contribution >= 4 is 47.1 Å². The van der Waals surface area contributed by atoms with Gasteiger partial charge in [-0.3, -0.25) is 4.79 Å². The van der Waals surface area contributed by atoms with Crippen LogP contribution in [0.1, 0.15) is 28.0 Å². The molecule has 6 nitrogen and oxygen atoms in total. The average Bonchev–Trinajstić information content (AvgIpc) is 3.23. The van der Waals surface area contributed by atoms with Crippen LogP contribution in [0.5, 0.6) is 0 Å². The van der Waals surface area contributed by atoms with Crippen molar-refractivity contribution < 1.29 is 9.53 Å². The molecule has 0 fully saturated rings. The molecule has 1 aromatic heterocycles. The largest absolute Gasteiger partial charge is 0.383 e. The Morgan fingerprint density at radius 1 is 1.19 bits per heavy atom. The summed E-state index contributed by atoms with van der Waals surface area (Å²) in [6.45, 7) is 3.62. The standard InChI is InChI=1S/C23H26N4O2.2ClH/c1-29-12-11-27-16-25-14-18(27)15-26-23(28)22-9-3-7-20-19(6-2-8-21(20)22)17-5-4-10-24-13-17;;/h2-3,5-9,14,16,24H,4,10-13,15H2,1H3,(H,26,28);2*1H. The summed E-state index contributed by atoms with van der Waals surface area (Å²) >= 11 is 0. The lowest BCUT2D eigenvalue weighted by atomic mass is 9.94. The second kappa shape index (κ2) is 11.9. The number of carbonyl (C=O) groups excluding carboxylic acids is 1. The Labute approximate surface area is 194 Å². The summed E-state index contributed by atoms with van der Waals surface area (Å²) in [5.41, 5.74) is 4.13. The van der Waals surface area contributed by atoms with E-state index in [4.69, 9.17) is 4.74 Å². The van der Waals surface area contributed by atoms with Crippen LogP contribution >= 0.6 is 24.8 Å². The van der Waals surface area contributed by atoms with Crippen LogP contribution in [0.3, 0.4) is 0 Å². The first kappa shape index (κ1) is 24.9. The highest BCUT2D eigenvalue weighted by Crippen LogP contribution is 2.28. The first-order chi connectivity index (χ1) is 14.3. The predicted molar refractivity (Wildman–Crippen MR) is 129 cm³/mol. The van der Waals surface area contributed by atoms with Gasteiger partial charge in [0.05, 0.1) is 25.2 Å². The maximum absolute atomic E-state index is 13.0. The lowest BCUT2D eigenvalue weighted by Crippen LogP contribution is -2.25. The molecular weight excluding hydrogens is 435 g/mol. The Balaban J connectivity index is 0.00000171. The fourth-order valence-corrected chi connectivity index (χ4v) is 3.79. The highest BCUT2D eigenvalue weighted by Gasteiger charge is 2.14. The molecule has 2 heterocycles. The zero-order valence-electron chi connectivity index (χ0n) is 17.5. The number of benzene rings is 2. The molecule has 0 unspecified atom stereocenters. The number of aromatic nitrogens is 2. The number of hydrogen-bond acceptors (Lipinski definition) is 4. The number of nitrogens with zero attached hydrogens (tertiary/aromatic N) is 2. The van der Waals surface area contributed by atoms with Gasteiger partial charge < -0.3 is 19.9 Å². The summed E-state index contributed by atoms with van der Waals surface area (Å²) in [4.78, 5) is 17.2. The molecule has 31 heavy (non-hydrogen) atoms. The summed E-state index contributed by atoms with van der Waals surface area (Å²) in [5.74, 6) is -0.0806. The minimum absolute atomic E-state index is 0. The number of ether oxygens (including phenoxy) is 1. The maximum atomic E-state index is 13.0. The van der Waals surface area contributed by atoms with Crippen LogP contribution in [0.15, 0.2) is 55.0 Å². The van der Waals surface area contributed by atoms with Gasteiger partial charge in [-0.25, -0.2) is 4.98 Å². The number of halogens is 2. The van der Waals surface area contributed by atoms with E-state index in [0.29, 0.717) is 25.3 Å². The lowest BCUT2D eigenvalue weighted by Gasteiger charge is -2.17. The molecule has 0 aliphatic carbocycles. The molecule has 1 aliphatic heterocycles. The molecule has 4 rings (SSSR count). The van der Waals surface area contributed by atoms with Crippen LogP contribution in [0.4, 0.5) is 0 Å². The molecule has 2 N–H and O–H groups in total. The topological polar surface area (TPSA) is 68.2 Å². The van der Waals surface area contributed by atoms with Crippen LogP contribution in [-0.2, 0) is 17.8 Å². The monoisotopic (exact) mass is 462 g/mol. The van der Waals surface area contributed by atoms with Gasteiger partial charge >= 0.3 is 0 Å². The van der Waals surface area contributed by atoms with E-state index in [2.05, 4.69) is 33.8 Å². The summed E-state index contributed by atoms with van der Waals surface area (Å²) in [6.07, 6.45) is 6.86. The SMILES string of the molecule is COCCn1cncc1CNC(=O)c1cccc2c(C3=CCCNC3)cccc12.Cl.Cl. The van der Waals surface area contributed by atoms with E-state index in [0.717, 1.165) is 36.0 Å². The Kier molecular flexibility index (Phi) is 9.52. The van der Waals surface area contributed by atoms with Crippen molar-refractivity contribution in [3.8, 4) is 0 Å². The van der Waals surface area contributed by atoms with Gasteiger partial charge in [-0.15, -0.1) is 24.8 Å². The predicted octanol–water partition coefficient (Wildman–Crippen LogP) is 3.83. The molecule has 1 amide bonds. The molecule has 0 bridgehead atoms. The lowest BCUT2D eigenvalue weighted by molar-refractivity contribution is 0.0951. The second-order valence-electron chi connectivity index (χ2n) is 7.15. The van der Waals surface area contributed by atoms with E-state index in [-0.39, 0.29) is 30.7 Å². The average molecular weight is 463 g/mol. The number of hydrogen-bond donors (Lipinski definition) is 2. The van der Waals surface area contributed by atoms with Crippen LogP contribution in [0.2, 0.25) is 0 Å². The van der Waals surface area contributed by atoms with Crippen molar-refractivity contribution in [1.82, 2.24) is 20.2 Å². The first-order valence-corrected chi connectivity index (χ1v) is 9.96. The zero-order valence-corrected chi connectivity index (χ0v) is 19.1. The summed E-state index contributed by atoms with van der Waals surface area (Å²) < 4.78 is 7.12. The van der Waals surface area contributed by atoms with Crippen LogP contribution in [0.25, 0.3) is 16.3 Å². The van der Waals surface area contributed by atoms with Gasteiger partial charge in [0.1, 0.15) is 0 Å². The van der Waals surface area contributed by atoms with E-state index < -0.39 is 0 Å². The van der Waals surface area contributed by atoms with Crippen molar-refractivity contribution in [2.45, 2.75) is 19.5 Å². The van der Waals surface area contributed by atoms with E-state index in [1.54, 1.807) is 19.6 Å². The third-order valence-corrected chi connectivity index (χ3v) is 5.30. The molecule has 0 spiro atoms. The number of imidazole rings is 1. The number of methoxy groups -OCH3 is 1. The van der Waals surface area contributed by atoms with Crippen molar-refractivity contribution in [3.63, 3.8) is 0 Å². The minimum atomic E-state index is -0.0806. The van der Waals surface area contributed by atoms with Crippen LogP contribution < -0.4 is 10.6 Å². The smallest absolute Gasteiger partial charge is 0.252 e. The van der Waals surface area contributed by atoms with Crippen molar-refractivity contribution in [2.75, 3.05) is 26.8 Å². The molecule has 166 valence electrons. The molecule has 1 aliphatic rings. The molecule has 0 atom stereocenters. The molecule has 3 aromatic rings. The molecular formula is C23H28Cl2N4O2. The van der Waals surface area contributed by atoms with Crippen LogP contribution in [-0.4, -0.2) is 42.3 Å². The number of nitrogens with one attached hydrogen (secondary N) is 2. The van der Waals surface area contributed by atoms with Crippen molar-refractivity contribution in [3.05, 3.63) is 71.8 Å². The highest BCUT2D eigenvalue weighted by atomic mass is 35.5. The minimum Gasteiger partial charge on any atom is -0.383 e. The molecule has 0 saturated carbocycles. The third kappa shape index (κ3) is 5.66. The van der Waals surface area contributed by atoms with Gasteiger partial charge in [-0.2, -0.15) is 0 Å². The quantitative estimate of drug-likeness (QED) is 0.559. The van der Waals surface area contributed by atoms with E-state index in [1.165, 1.54) is 11.1 Å². The number of carbonyl (C=O) groups is 1. The molecule has 0 radical (unpaired) electrons. The number of fused-ring (bicyclic) bond motifs is 1. The van der Waals surface area contributed by atoms with Gasteiger partial charge in [0, 0.05) is 32.0 Å². The maximum Gasteiger partial charge on any atom is 0.252 e. The third-order valence-electron chi connectivity index (χ3n) is 5.30. The van der Waals surface area contributed by atoms with Gasteiger partial charge in [-0.05, 0) is 40.9 Å². The zero-order chi connectivity index (χ0) is 20.1. The van der Waals surface area contributed by atoms with Crippen LogP contribution in [0, 0.1) is 0 Å². The van der Waals surface area contributed by atoms with Gasteiger partial charge in [0.15, 0.2) is 0 Å². The molecule has 0 saturated heterocycles. The Hall–Kier alpha value is -2.38. The number of amides is 1. The second-order valence-corrected chi connectivity index (χ2v) is 7.15.